The standard InChI is InChI=1S/C17H15ClFN7O/c1-8(2)23-17-15(19)14(18)13(9-3-22-25-16(9)17)10-5-26-6-11(21-7-27)24-12(26)4-20-10/h3-8,23H,1-2H3,(H,21,27)(H,22,25). The van der Waals surface area contributed by atoms with Crippen molar-refractivity contribution in [1.29, 1.82) is 0 Å². The minimum absolute atomic E-state index is 0.0112. The molecule has 1 amide bonds. The molecule has 0 bridgehead atoms. The van der Waals surface area contributed by atoms with Gasteiger partial charge in [0, 0.05) is 23.2 Å². The molecule has 0 saturated carbocycles. The third kappa shape index (κ3) is 2.85. The van der Waals surface area contributed by atoms with Crippen LogP contribution in [0.2, 0.25) is 5.02 Å². The Morgan fingerprint density at radius 1 is 1.33 bits per heavy atom. The zero-order valence-electron chi connectivity index (χ0n) is 14.4. The average Bonchev–Trinajstić information content (AvgIpc) is 3.25. The highest BCUT2D eigenvalue weighted by Crippen LogP contribution is 2.40. The van der Waals surface area contributed by atoms with E-state index in [4.69, 9.17) is 11.6 Å². The van der Waals surface area contributed by atoms with Crippen LogP contribution in [-0.2, 0) is 4.79 Å². The third-order valence-corrected chi connectivity index (χ3v) is 4.38. The summed E-state index contributed by atoms with van der Waals surface area (Å²) in [6, 6.07) is 0.0112. The summed E-state index contributed by atoms with van der Waals surface area (Å²) < 4.78 is 16.7. The molecular formula is C17H15ClFN7O. The first-order valence-corrected chi connectivity index (χ1v) is 8.53. The number of aromatic amines is 1. The number of hydrogen-bond acceptors (Lipinski definition) is 5. The first-order valence-electron chi connectivity index (χ1n) is 8.15. The fourth-order valence-corrected chi connectivity index (χ4v) is 3.24. The molecule has 8 nitrogen and oxygen atoms in total. The number of aromatic nitrogens is 5. The number of imidazole rings is 1. The molecule has 4 rings (SSSR count). The van der Waals surface area contributed by atoms with Crippen LogP contribution in [-0.4, -0.2) is 37.0 Å². The summed E-state index contributed by atoms with van der Waals surface area (Å²) in [6.07, 6.45) is 6.94. The molecule has 0 fully saturated rings. The van der Waals surface area contributed by atoms with Crippen molar-refractivity contribution in [3.8, 4) is 11.3 Å². The molecule has 0 unspecified atom stereocenters. The van der Waals surface area contributed by atoms with Gasteiger partial charge in [-0.25, -0.2) is 9.37 Å². The number of halogens is 2. The van der Waals surface area contributed by atoms with Crippen LogP contribution in [0.5, 0.6) is 0 Å². The smallest absolute Gasteiger partial charge is 0.212 e. The van der Waals surface area contributed by atoms with Crippen LogP contribution >= 0.6 is 11.6 Å². The maximum Gasteiger partial charge on any atom is 0.212 e. The number of rotatable bonds is 5. The van der Waals surface area contributed by atoms with Gasteiger partial charge in [-0.2, -0.15) is 5.10 Å². The third-order valence-electron chi connectivity index (χ3n) is 4.03. The second-order valence-electron chi connectivity index (χ2n) is 6.26. The number of carbonyl (C=O) groups excluding carboxylic acids is 1. The van der Waals surface area contributed by atoms with Gasteiger partial charge in [-0.15, -0.1) is 0 Å². The molecule has 0 atom stereocenters. The van der Waals surface area contributed by atoms with Crippen molar-refractivity contribution in [3.05, 3.63) is 35.6 Å². The van der Waals surface area contributed by atoms with Crippen LogP contribution in [0.1, 0.15) is 13.8 Å². The molecule has 3 heterocycles. The van der Waals surface area contributed by atoms with Gasteiger partial charge in [0.15, 0.2) is 17.3 Å². The molecule has 4 aromatic rings. The SMILES string of the molecule is CC(C)Nc1c(F)c(Cl)c(-c2cn3cc(NC=O)nc3cn2)c2cn[nH]c12. The Bertz CT molecular complexity index is 1170. The maximum atomic E-state index is 15.0. The summed E-state index contributed by atoms with van der Waals surface area (Å²) in [5.41, 5.74) is 2.18. The lowest BCUT2D eigenvalue weighted by atomic mass is 10.1. The van der Waals surface area contributed by atoms with Crippen LogP contribution in [0.15, 0.2) is 24.8 Å². The van der Waals surface area contributed by atoms with Crippen molar-refractivity contribution in [2.75, 3.05) is 10.6 Å². The van der Waals surface area contributed by atoms with Gasteiger partial charge in [-0.05, 0) is 13.8 Å². The largest absolute Gasteiger partial charge is 0.379 e. The van der Waals surface area contributed by atoms with Crippen molar-refractivity contribution in [1.82, 2.24) is 24.6 Å². The van der Waals surface area contributed by atoms with Crippen LogP contribution in [0.4, 0.5) is 15.9 Å². The topological polar surface area (TPSA) is 100 Å². The minimum Gasteiger partial charge on any atom is -0.379 e. The van der Waals surface area contributed by atoms with E-state index < -0.39 is 5.82 Å². The Labute approximate surface area is 157 Å². The highest BCUT2D eigenvalue weighted by atomic mass is 35.5. The number of hydrogen-bond donors (Lipinski definition) is 3. The molecule has 27 heavy (non-hydrogen) atoms. The zero-order chi connectivity index (χ0) is 19.1. The van der Waals surface area contributed by atoms with Crippen LogP contribution in [0.25, 0.3) is 27.8 Å². The van der Waals surface area contributed by atoms with E-state index in [1.54, 1.807) is 23.0 Å². The summed E-state index contributed by atoms with van der Waals surface area (Å²) >= 11 is 6.38. The molecule has 3 aromatic heterocycles. The van der Waals surface area contributed by atoms with Crippen molar-refractivity contribution < 1.29 is 9.18 Å². The second kappa shape index (κ2) is 6.51. The first kappa shape index (κ1) is 17.2. The Morgan fingerprint density at radius 2 is 2.15 bits per heavy atom. The Balaban J connectivity index is 1.93. The lowest BCUT2D eigenvalue weighted by Gasteiger charge is -2.15. The van der Waals surface area contributed by atoms with Gasteiger partial charge >= 0.3 is 0 Å². The average molecular weight is 388 g/mol. The van der Waals surface area contributed by atoms with E-state index in [0.29, 0.717) is 40.0 Å². The van der Waals surface area contributed by atoms with E-state index in [1.165, 1.54) is 6.20 Å². The molecule has 0 radical (unpaired) electrons. The van der Waals surface area contributed by atoms with Crippen molar-refractivity contribution >= 4 is 46.1 Å². The summed E-state index contributed by atoms with van der Waals surface area (Å²) in [5, 5.41) is 13.0. The van der Waals surface area contributed by atoms with E-state index in [2.05, 4.69) is 30.8 Å². The highest BCUT2D eigenvalue weighted by molar-refractivity contribution is 6.35. The van der Waals surface area contributed by atoms with Gasteiger partial charge < -0.3 is 15.0 Å². The van der Waals surface area contributed by atoms with Gasteiger partial charge in [0.05, 0.1) is 40.5 Å². The van der Waals surface area contributed by atoms with E-state index in [0.717, 1.165) is 0 Å². The molecule has 0 aliphatic heterocycles. The normalized spacial score (nSPS) is 11.4. The number of benzene rings is 1. The van der Waals surface area contributed by atoms with Gasteiger partial charge in [0.1, 0.15) is 0 Å². The number of nitrogens with one attached hydrogen (secondary N) is 3. The highest BCUT2D eigenvalue weighted by Gasteiger charge is 2.22. The van der Waals surface area contributed by atoms with Crippen molar-refractivity contribution in [3.63, 3.8) is 0 Å². The molecular weight excluding hydrogens is 373 g/mol. The lowest BCUT2D eigenvalue weighted by molar-refractivity contribution is -0.105. The van der Waals surface area contributed by atoms with Gasteiger partial charge in [0.2, 0.25) is 6.41 Å². The van der Waals surface area contributed by atoms with Gasteiger partial charge in [-0.1, -0.05) is 11.6 Å². The molecule has 0 aliphatic carbocycles. The van der Waals surface area contributed by atoms with Gasteiger partial charge in [0.25, 0.3) is 0 Å². The number of anilines is 2. The number of carbonyl (C=O) groups is 1. The van der Waals surface area contributed by atoms with Crippen molar-refractivity contribution in [2.24, 2.45) is 0 Å². The predicted octanol–water partition coefficient (Wildman–Crippen LogP) is 3.45. The van der Waals surface area contributed by atoms with E-state index >= 15 is 0 Å². The fourth-order valence-electron chi connectivity index (χ4n) is 2.95. The summed E-state index contributed by atoms with van der Waals surface area (Å²) in [7, 11) is 0. The maximum absolute atomic E-state index is 15.0. The van der Waals surface area contributed by atoms with Crippen molar-refractivity contribution in [2.45, 2.75) is 19.9 Å². The van der Waals surface area contributed by atoms with Gasteiger partial charge in [-0.3, -0.25) is 14.9 Å². The number of fused-ring (bicyclic) bond motifs is 2. The number of amides is 1. The Morgan fingerprint density at radius 3 is 2.89 bits per heavy atom. The quantitative estimate of drug-likeness (QED) is 0.455. The van der Waals surface area contributed by atoms with E-state index in [9.17, 15) is 9.18 Å². The molecule has 0 aliphatic rings. The fraction of sp³-hybridized carbons (Fsp3) is 0.176. The van der Waals surface area contributed by atoms with E-state index in [1.807, 2.05) is 13.8 Å². The predicted molar refractivity (Wildman–Crippen MR) is 101 cm³/mol. The van der Waals surface area contributed by atoms with Crippen LogP contribution in [0.3, 0.4) is 0 Å². The molecule has 0 spiro atoms. The lowest BCUT2D eigenvalue weighted by Crippen LogP contribution is -2.12. The Hall–Kier alpha value is -3.20. The zero-order valence-corrected chi connectivity index (χ0v) is 15.2. The first-order chi connectivity index (χ1) is 13.0. The number of H-pyrrole nitrogens is 1. The molecule has 1 aromatic carbocycles. The summed E-state index contributed by atoms with van der Waals surface area (Å²) in [5.74, 6) is -0.195. The molecule has 3 N–H and O–H groups in total. The van der Waals surface area contributed by atoms with Crippen LogP contribution < -0.4 is 10.6 Å². The monoisotopic (exact) mass is 387 g/mol. The minimum atomic E-state index is -0.576. The summed E-state index contributed by atoms with van der Waals surface area (Å²) in [6.45, 7) is 3.81. The van der Waals surface area contributed by atoms with E-state index in [-0.39, 0.29) is 16.8 Å². The molecule has 10 heteroatoms. The molecule has 0 saturated heterocycles. The van der Waals surface area contributed by atoms with Crippen LogP contribution in [0, 0.1) is 5.82 Å². The number of nitrogens with zero attached hydrogens (tertiary/aromatic N) is 4. The summed E-state index contributed by atoms with van der Waals surface area (Å²) in [4.78, 5) is 19.2. The molecule has 138 valence electrons. The Kier molecular flexibility index (Phi) is 4.15. The second-order valence-corrected chi connectivity index (χ2v) is 6.64.